The van der Waals surface area contributed by atoms with Gasteiger partial charge in [-0.1, -0.05) is 25.1 Å². The summed E-state index contributed by atoms with van der Waals surface area (Å²) >= 11 is 0. The average molecular weight is 407 g/mol. The normalized spacial score (nSPS) is 10.3. The number of amides is 1. The quantitative estimate of drug-likeness (QED) is 0.576. The Morgan fingerprint density at radius 1 is 0.967 bits per heavy atom. The number of carbonyl (C=O) groups is 2. The zero-order valence-electron chi connectivity index (χ0n) is 16.4. The number of anilines is 1. The third-order valence-corrected chi connectivity index (χ3v) is 3.96. The van der Waals surface area contributed by atoms with Gasteiger partial charge in [0.25, 0.3) is 11.5 Å². The molecule has 0 bridgehead atoms. The molecule has 0 saturated carbocycles. The van der Waals surface area contributed by atoms with Crippen molar-refractivity contribution in [3.05, 3.63) is 82.8 Å². The number of ether oxygens (including phenoxy) is 2. The van der Waals surface area contributed by atoms with Crippen LogP contribution in [-0.2, 0) is 16.1 Å². The molecule has 0 fully saturated rings. The Kier molecular flexibility index (Phi) is 6.94. The highest BCUT2D eigenvalue weighted by Crippen LogP contribution is 2.22. The van der Waals surface area contributed by atoms with Gasteiger partial charge in [-0.15, -0.1) is 0 Å². The minimum Gasteiger partial charge on any atom is -0.457 e. The van der Waals surface area contributed by atoms with Gasteiger partial charge in [-0.3, -0.25) is 9.59 Å². The van der Waals surface area contributed by atoms with Crippen LogP contribution in [0.15, 0.2) is 71.5 Å². The second-order valence-corrected chi connectivity index (χ2v) is 6.34. The fourth-order valence-corrected chi connectivity index (χ4v) is 2.56. The topological polar surface area (TPSA) is 99.5 Å². The maximum Gasteiger partial charge on any atom is 0.359 e. The van der Waals surface area contributed by atoms with Crippen LogP contribution in [-0.4, -0.2) is 28.3 Å². The smallest absolute Gasteiger partial charge is 0.359 e. The maximum atomic E-state index is 12.1. The lowest BCUT2D eigenvalue weighted by Gasteiger charge is -2.09. The van der Waals surface area contributed by atoms with Crippen molar-refractivity contribution in [3.63, 3.8) is 0 Å². The lowest BCUT2D eigenvalue weighted by atomic mass is 10.3. The van der Waals surface area contributed by atoms with Gasteiger partial charge in [0, 0.05) is 18.3 Å². The molecule has 0 aliphatic carbocycles. The number of nitrogens with zero attached hydrogens (tertiary/aromatic N) is 2. The molecule has 0 aliphatic heterocycles. The van der Waals surface area contributed by atoms with Crippen molar-refractivity contribution in [1.29, 1.82) is 0 Å². The highest BCUT2D eigenvalue weighted by atomic mass is 16.5. The maximum absolute atomic E-state index is 12.1. The average Bonchev–Trinajstić information content (AvgIpc) is 2.76. The van der Waals surface area contributed by atoms with Crippen molar-refractivity contribution in [3.8, 4) is 11.5 Å². The molecule has 3 rings (SSSR count). The number of carbonyl (C=O) groups excluding carboxylic acids is 2. The molecule has 1 N–H and O–H groups in total. The monoisotopic (exact) mass is 407 g/mol. The van der Waals surface area contributed by atoms with Gasteiger partial charge in [0.1, 0.15) is 11.5 Å². The molecule has 8 heteroatoms. The number of rotatable bonds is 8. The van der Waals surface area contributed by atoms with E-state index in [1.54, 1.807) is 24.3 Å². The van der Waals surface area contributed by atoms with Crippen molar-refractivity contribution >= 4 is 17.6 Å². The van der Waals surface area contributed by atoms with Crippen molar-refractivity contribution in [2.24, 2.45) is 0 Å². The summed E-state index contributed by atoms with van der Waals surface area (Å²) in [5.41, 5.74) is 0.204. The molecule has 30 heavy (non-hydrogen) atoms. The van der Waals surface area contributed by atoms with Crippen molar-refractivity contribution < 1.29 is 19.1 Å². The Balaban J connectivity index is 1.51. The summed E-state index contributed by atoms with van der Waals surface area (Å²) < 4.78 is 11.9. The largest absolute Gasteiger partial charge is 0.457 e. The fourth-order valence-electron chi connectivity index (χ4n) is 2.56. The van der Waals surface area contributed by atoms with Gasteiger partial charge in [-0.05, 0) is 48.9 Å². The van der Waals surface area contributed by atoms with Gasteiger partial charge in [0.2, 0.25) is 0 Å². The van der Waals surface area contributed by atoms with Crippen LogP contribution in [0, 0.1) is 0 Å². The summed E-state index contributed by atoms with van der Waals surface area (Å²) in [6.45, 7) is 1.81. The van der Waals surface area contributed by atoms with E-state index in [1.165, 1.54) is 16.8 Å². The zero-order valence-corrected chi connectivity index (χ0v) is 16.4. The van der Waals surface area contributed by atoms with E-state index in [-0.39, 0.29) is 11.3 Å². The molecule has 8 nitrogen and oxygen atoms in total. The molecule has 3 aromatic rings. The zero-order chi connectivity index (χ0) is 21.3. The Bertz CT molecular complexity index is 1060. The van der Waals surface area contributed by atoms with Crippen LogP contribution in [0.4, 0.5) is 5.69 Å². The predicted molar refractivity (Wildman–Crippen MR) is 111 cm³/mol. The molecule has 2 aromatic carbocycles. The molecule has 0 unspecified atom stereocenters. The van der Waals surface area contributed by atoms with Gasteiger partial charge in [0.05, 0.1) is 0 Å². The number of esters is 1. The van der Waals surface area contributed by atoms with Crippen LogP contribution in [0.25, 0.3) is 0 Å². The van der Waals surface area contributed by atoms with E-state index in [9.17, 15) is 14.4 Å². The standard InChI is InChI=1S/C22H21N3O5/c1-2-14-25-21(27)13-12-19(24-25)22(28)29-15-20(26)23-16-8-10-18(11-9-16)30-17-6-4-3-5-7-17/h3-13H,2,14-15H2,1H3,(H,23,26). The third kappa shape index (κ3) is 5.78. The first-order chi connectivity index (χ1) is 14.5. The van der Waals surface area contributed by atoms with Crippen molar-refractivity contribution in [2.75, 3.05) is 11.9 Å². The van der Waals surface area contributed by atoms with Crippen LogP contribution in [0.2, 0.25) is 0 Å². The highest BCUT2D eigenvalue weighted by Gasteiger charge is 2.13. The first-order valence-electron chi connectivity index (χ1n) is 9.43. The van der Waals surface area contributed by atoms with Gasteiger partial charge < -0.3 is 14.8 Å². The van der Waals surface area contributed by atoms with Crippen molar-refractivity contribution in [1.82, 2.24) is 9.78 Å². The molecular formula is C22H21N3O5. The van der Waals surface area contributed by atoms with E-state index in [0.717, 1.165) is 0 Å². The first-order valence-corrected chi connectivity index (χ1v) is 9.43. The first kappa shape index (κ1) is 20.8. The molecule has 1 aromatic heterocycles. The van der Waals surface area contributed by atoms with Crippen molar-refractivity contribution in [2.45, 2.75) is 19.9 Å². The Morgan fingerprint density at radius 3 is 2.37 bits per heavy atom. The molecule has 1 amide bonds. The lowest BCUT2D eigenvalue weighted by molar-refractivity contribution is -0.119. The van der Waals surface area contributed by atoms with Crippen LogP contribution in [0.3, 0.4) is 0 Å². The number of nitrogens with one attached hydrogen (secondary N) is 1. The van der Waals surface area contributed by atoms with Gasteiger partial charge in [-0.2, -0.15) is 5.10 Å². The fraction of sp³-hybridized carbons (Fsp3) is 0.182. The predicted octanol–water partition coefficient (Wildman–Crippen LogP) is 3.24. The van der Waals surface area contributed by atoms with Crippen LogP contribution < -0.4 is 15.6 Å². The lowest BCUT2D eigenvalue weighted by Crippen LogP contribution is -2.26. The molecule has 0 atom stereocenters. The number of para-hydroxylation sites is 1. The molecule has 0 spiro atoms. The Morgan fingerprint density at radius 2 is 1.67 bits per heavy atom. The number of aromatic nitrogens is 2. The summed E-state index contributed by atoms with van der Waals surface area (Å²) in [4.78, 5) is 35.8. The molecular weight excluding hydrogens is 386 g/mol. The van der Waals surface area contributed by atoms with E-state index in [4.69, 9.17) is 9.47 Å². The number of hydrogen-bond acceptors (Lipinski definition) is 6. The Labute approximate surface area is 173 Å². The van der Waals surface area contributed by atoms with Gasteiger partial charge in [-0.25, -0.2) is 9.48 Å². The SMILES string of the molecule is CCCn1nc(C(=O)OCC(=O)Nc2ccc(Oc3ccccc3)cc2)ccc1=O. The number of aryl methyl sites for hydroxylation is 1. The summed E-state index contributed by atoms with van der Waals surface area (Å²) in [6.07, 6.45) is 0.697. The van der Waals surface area contributed by atoms with Crippen LogP contribution >= 0.6 is 0 Å². The molecule has 0 aliphatic rings. The summed E-state index contributed by atoms with van der Waals surface area (Å²) in [7, 11) is 0. The van der Waals surface area contributed by atoms with E-state index >= 15 is 0 Å². The van der Waals surface area contributed by atoms with E-state index in [0.29, 0.717) is 30.2 Å². The van der Waals surface area contributed by atoms with E-state index in [2.05, 4.69) is 10.4 Å². The van der Waals surface area contributed by atoms with Gasteiger partial charge >= 0.3 is 5.97 Å². The molecule has 154 valence electrons. The third-order valence-electron chi connectivity index (χ3n) is 3.96. The number of hydrogen-bond donors (Lipinski definition) is 1. The number of benzene rings is 2. The van der Waals surface area contributed by atoms with E-state index < -0.39 is 18.5 Å². The molecule has 0 saturated heterocycles. The second-order valence-electron chi connectivity index (χ2n) is 6.34. The minimum atomic E-state index is -0.776. The minimum absolute atomic E-state index is 0.0294. The van der Waals surface area contributed by atoms with Crippen LogP contribution in [0.1, 0.15) is 23.8 Å². The van der Waals surface area contributed by atoms with Crippen LogP contribution in [0.5, 0.6) is 11.5 Å². The Hall–Kier alpha value is -3.94. The highest BCUT2D eigenvalue weighted by molar-refractivity contribution is 5.94. The summed E-state index contributed by atoms with van der Waals surface area (Å²) in [6, 6.07) is 18.7. The second kappa shape index (κ2) is 10.0. The molecule has 1 heterocycles. The molecule has 0 radical (unpaired) electrons. The van der Waals surface area contributed by atoms with E-state index in [1.807, 2.05) is 37.3 Å². The summed E-state index contributed by atoms with van der Waals surface area (Å²) in [5.74, 6) is 0.0579. The summed E-state index contributed by atoms with van der Waals surface area (Å²) in [5, 5.41) is 6.59. The van der Waals surface area contributed by atoms with Gasteiger partial charge in [0.15, 0.2) is 12.3 Å².